The van der Waals surface area contributed by atoms with Crippen molar-refractivity contribution >= 4 is 16.8 Å². The first-order valence-corrected chi connectivity index (χ1v) is 8.13. The zero-order valence-corrected chi connectivity index (χ0v) is 13.0. The third-order valence-electron chi connectivity index (χ3n) is 3.67. The van der Waals surface area contributed by atoms with Crippen LogP contribution in [0.15, 0.2) is 17.0 Å². The number of morpholine rings is 1. The normalized spacial score (nSPS) is 22.6. The van der Waals surface area contributed by atoms with Crippen molar-refractivity contribution in [2.45, 2.75) is 11.0 Å². The van der Waals surface area contributed by atoms with Crippen molar-refractivity contribution in [3.05, 3.63) is 22.2 Å². The van der Waals surface area contributed by atoms with Crippen molar-refractivity contribution in [3.8, 4) is 11.5 Å². The SMILES string of the molecule is O=[N+]([O-])c1cc(S(=O)[O-])cc2c1OC(CN1CCOCC1)CO2. The highest BCUT2D eigenvalue weighted by Gasteiger charge is 2.31. The minimum atomic E-state index is -2.58. The van der Waals surface area contributed by atoms with Crippen LogP contribution >= 0.6 is 0 Å². The number of hydrogen-bond donors (Lipinski definition) is 0. The molecular weight excluding hydrogens is 328 g/mol. The number of fused-ring (bicyclic) bond motifs is 1. The Bertz CT molecular complexity index is 633. The average Bonchev–Trinajstić information content (AvgIpc) is 2.54. The lowest BCUT2D eigenvalue weighted by Crippen LogP contribution is -2.45. The smallest absolute Gasteiger partial charge is 0.316 e. The molecule has 2 unspecified atom stereocenters. The number of hydrogen-bond acceptors (Lipinski definition) is 8. The van der Waals surface area contributed by atoms with Crippen molar-refractivity contribution in [2.24, 2.45) is 0 Å². The minimum absolute atomic E-state index is 0.0197. The number of benzene rings is 1. The third-order valence-corrected chi connectivity index (χ3v) is 4.29. The van der Waals surface area contributed by atoms with Gasteiger partial charge in [0, 0.05) is 30.6 Å². The van der Waals surface area contributed by atoms with E-state index in [2.05, 4.69) is 4.90 Å². The molecule has 1 aromatic carbocycles. The number of nitro benzene ring substituents is 1. The van der Waals surface area contributed by atoms with Crippen molar-refractivity contribution in [1.82, 2.24) is 4.90 Å². The lowest BCUT2D eigenvalue weighted by atomic mass is 10.2. The van der Waals surface area contributed by atoms with Gasteiger partial charge in [0.2, 0.25) is 5.75 Å². The number of nitro groups is 1. The van der Waals surface area contributed by atoms with Gasteiger partial charge in [0.15, 0.2) is 5.75 Å². The van der Waals surface area contributed by atoms with Gasteiger partial charge in [0.05, 0.1) is 18.1 Å². The second-order valence-corrected chi connectivity index (χ2v) is 6.17. The molecule has 0 bridgehead atoms. The highest BCUT2D eigenvalue weighted by atomic mass is 32.2. The first-order valence-electron chi connectivity index (χ1n) is 7.06. The van der Waals surface area contributed by atoms with Crippen LogP contribution in [0.25, 0.3) is 0 Å². The van der Waals surface area contributed by atoms with E-state index in [0.717, 1.165) is 19.2 Å². The van der Waals surface area contributed by atoms with E-state index in [4.69, 9.17) is 14.2 Å². The molecule has 0 amide bonds. The van der Waals surface area contributed by atoms with Gasteiger partial charge in [-0.05, 0) is 17.1 Å². The van der Waals surface area contributed by atoms with Gasteiger partial charge in [-0.15, -0.1) is 0 Å². The van der Waals surface area contributed by atoms with Crippen molar-refractivity contribution in [3.63, 3.8) is 0 Å². The minimum Gasteiger partial charge on any atom is -0.768 e. The lowest BCUT2D eigenvalue weighted by Gasteiger charge is -2.33. The Kier molecular flexibility index (Phi) is 4.76. The molecule has 1 saturated heterocycles. The Hall–Kier alpha value is -1.75. The molecule has 1 fully saturated rings. The van der Waals surface area contributed by atoms with Crippen molar-refractivity contribution in [1.29, 1.82) is 0 Å². The fourth-order valence-electron chi connectivity index (χ4n) is 2.57. The molecule has 2 aliphatic heterocycles. The summed E-state index contributed by atoms with van der Waals surface area (Å²) in [5.74, 6) is 0.0605. The van der Waals surface area contributed by atoms with Crippen LogP contribution in [0.2, 0.25) is 0 Å². The predicted octanol–water partition coefficient (Wildman–Crippen LogP) is 0.305. The van der Waals surface area contributed by atoms with E-state index < -0.39 is 21.7 Å². The van der Waals surface area contributed by atoms with Gasteiger partial charge >= 0.3 is 5.69 Å². The average molecular weight is 343 g/mol. The number of ether oxygens (including phenoxy) is 3. The van der Waals surface area contributed by atoms with Gasteiger partial charge < -0.3 is 18.8 Å². The fourth-order valence-corrected chi connectivity index (χ4v) is 2.98. The zero-order valence-electron chi connectivity index (χ0n) is 12.1. The van der Waals surface area contributed by atoms with Crippen LogP contribution in [-0.2, 0) is 15.8 Å². The topological polar surface area (TPSA) is 114 Å². The predicted molar refractivity (Wildman–Crippen MR) is 77.5 cm³/mol. The molecule has 23 heavy (non-hydrogen) atoms. The van der Waals surface area contributed by atoms with Crippen molar-refractivity contribution in [2.75, 3.05) is 39.5 Å². The van der Waals surface area contributed by atoms with E-state index in [1.807, 2.05) is 0 Å². The zero-order chi connectivity index (χ0) is 16.4. The highest BCUT2D eigenvalue weighted by Crippen LogP contribution is 2.42. The first-order chi connectivity index (χ1) is 11.0. The van der Waals surface area contributed by atoms with Crippen LogP contribution in [-0.4, -0.2) is 64.1 Å². The Morgan fingerprint density at radius 3 is 2.74 bits per heavy atom. The number of nitrogens with zero attached hydrogens (tertiary/aromatic N) is 2. The maximum absolute atomic E-state index is 11.2. The van der Waals surface area contributed by atoms with Crippen LogP contribution in [0.5, 0.6) is 11.5 Å². The molecule has 10 heteroatoms. The maximum Gasteiger partial charge on any atom is 0.316 e. The standard InChI is InChI=1S/C13H16N2O7S/c16-15(17)11-5-10(23(18)19)6-12-13(11)22-9(8-21-12)7-14-1-3-20-4-2-14/h5-6,9H,1-4,7-8H2,(H,18,19)/p-1. The maximum atomic E-state index is 11.2. The summed E-state index contributed by atoms with van der Waals surface area (Å²) in [6.07, 6.45) is -0.358. The Morgan fingerprint density at radius 1 is 1.35 bits per heavy atom. The van der Waals surface area contributed by atoms with Crippen LogP contribution in [0.4, 0.5) is 5.69 Å². The van der Waals surface area contributed by atoms with Gasteiger partial charge in [0.1, 0.15) is 12.7 Å². The molecule has 2 atom stereocenters. The summed E-state index contributed by atoms with van der Waals surface area (Å²) in [7, 11) is 0. The summed E-state index contributed by atoms with van der Waals surface area (Å²) < 4.78 is 38.6. The second-order valence-electron chi connectivity index (χ2n) is 5.23. The molecule has 9 nitrogen and oxygen atoms in total. The van der Waals surface area contributed by atoms with Gasteiger partial charge in [0.25, 0.3) is 0 Å². The van der Waals surface area contributed by atoms with Gasteiger partial charge in [-0.1, -0.05) is 0 Å². The van der Waals surface area contributed by atoms with E-state index in [9.17, 15) is 18.9 Å². The van der Waals surface area contributed by atoms with E-state index in [0.29, 0.717) is 19.8 Å². The molecule has 0 aromatic heterocycles. The van der Waals surface area contributed by atoms with Gasteiger partial charge in [-0.3, -0.25) is 19.2 Å². The molecule has 3 rings (SSSR count). The van der Waals surface area contributed by atoms with Crippen LogP contribution in [0.3, 0.4) is 0 Å². The second kappa shape index (κ2) is 6.79. The quantitative estimate of drug-likeness (QED) is 0.436. The third kappa shape index (κ3) is 3.61. The van der Waals surface area contributed by atoms with E-state index in [-0.39, 0.29) is 29.1 Å². The fraction of sp³-hybridized carbons (Fsp3) is 0.538. The summed E-state index contributed by atoms with van der Waals surface area (Å²) in [6, 6.07) is 2.21. The van der Waals surface area contributed by atoms with Crippen molar-refractivity contribution < 1.29 is 27.9 Å². The van der Waals surface area contributed by atoms with Gasteiger partial charge in [-0.2, -0.15) is 0 Å². The van der Waals surface area contributed by atoms with E-state index in [1.54, 1.807) is 0 Å². The molecule has 0 aliphatic carbocycles. The monoisotopic (exact) mass is 343 g/mol. The Balaban J connectivity index is 1.81. The lowest BCUT2D eigenvalue weighted by molar-refractivity contribution is -0.386. The van der Waals surface area contributed by atoms with Crippen LogP contribution in [0, 0.1) is 10.1 Å². The summed E-state index contributed by atoms with van der Waals surface area (Å²) in [6.45, 7) is 3.59. The highest BCUT2D eigenvalue weighted by molar-refractivity contribution is 7.79. The van der Waals surface area contributed by atoms with E-state index >= 15 is 0 Å². The summed E-state index contributed by atoms with van der Waals surface area (Å²) in [5.41, 5.74) is -0.409. The molecule has 2 heterocycles. The molecule has 0 radical (unpaired) electrons. The molecule has 126 valence electrons. The largest absolute Gasteiger partial charge is 0.768 e. The van der Waals surface area contributed by atoms with E-state index in [1.165, 1.54) is 6.07 Å². The Morgan fingerprint density at radius 2 is 2.09 bits per heavy atom. The Labute approximate surface area is 134 Å². The first kappa shape index (κ1) is 16.1. The number of rotatable bonds is 4. The van der Waals surface area contributed by atoms with Crippen LogP contribution < -0.4 is 9.47 Å². The van der Waals surface area contributed by atoms with Crippen LogP contribution in [0.1, 0.15) is 0 Å². The molecule has 1 aromatic rings. The molecule has 0 spiro atoms. The molecule has 2 aliphatic rings. The van der Waals surface area contributed by atoms with Gasteiger partial charge in [-0.25, -0.2) is 0 Å². The molecular formula is C13H15N2O7S-. The molecule has 0 saturated carbocycles. The summed E-state index contributed by atoms with van der Waals surface area (Å²) in [4.78, 5) is 12.4. The molecule has 0 N–H and O–H groups in total. The summed E-state index contributed by atoms with van der Waals surface area (Å²) >= 11 is -2.58. The summed E-state index contributed by atoms with van der Waals surface area (Å²) in [5, 5.41) is 11.2.